The lowest BCUT2D eigenvalue weighted by molar-refractivity contribution is 0.296. The molecule has 0 bridgehead atoms. The zero-order valence-electron chi connectivity index (χ0n) is 8.38. The second kappa shape index (κ2) is 6.64. The molecule has 0 spiro atoms. The third-order valence-corrected chi connectivity index (χ3v) is 2.20. The third kappa shape index (κ3) is 4.06. The summed E-state index contributed by atoms with van der Waals surface area (Å²) in [5, 5.41) is 8.68. The molecule has 0 saturated carbocycles. The maximum absolute atomic E-state index is 13.4. The van der Waals surface area contributed by atoms with Crippen LogP contribution in [0.1, 0.15) is 12.0 Å². The molecule has 0 heterocycles. The van der Waals surface area contributed by atoms with Crippen LogP contribution in [0.3, 0.4) is 0 Å². The van der Waals surface area contributed by atoms with Crippen LogP contribution < -0.4 is 4.74 Å². The molecular weight excluding hydrogens is 219 g/mol. The van der Waals surface area contributed by atoms with Crippen LogP contribution >= 0.6 is 11.6 Å². The zero-order chi connectivity index (χ0) is 11.1. The SMILES string of the molecule is OCCc1ccc(OCCCCl)c(F)c1. The highest BCUT2D eigenvalue weighted by Gasteiger charge is 2.04. The first-order valence-corrected chi connectivity index (χ1v) is 5.39. The molecule has 1 N–H and O–H groups in total. The summed E-state index contributed by atoms with van der Waals surface area (Å²) in [5.74, 6) is 0.349. The molecule has 2 nitrogen and oxygen atoms in total. The van der Waals surface area contributed by atoms with E-state index in [-0.39, 0.29) is 12.4 Å². The Hall–Kier alpha value is -0.800. The Bertz CT molecular complexity index is 305. The van der Waals surface area contributed by atoms with Gasteiger partial charge in [-0.05, 0) is 30.5 Å². The van der Waals surface area contributed by atoms with E-state index in [1.54, 1.807) is 12.1 Å². The minimum absolute atomic E-state index is 0.0197. The minimum atomic E-state index is -0.393. The molecule has 0 aliphatic carbocycles. The Kier molecular flexibility index (Phi) is 5.43. The number of aliphatic hydroxyl groups is 1. The molecule has 1 aromatic carbocycles. The van der Waals surface area contributed by atoms with Gasteiger partial charge in [-0.2, -0.15) is 0 Å². The summed E-state index contributed by atoms with van der Waals surface area (Å²) in [7, 11) is 0. The fourth-order valence-electron chi connectivity index (χ4n) is 1.18. The van der Waals surface area contributed by atoms with E-state index in [0.29, 0.717) is 25.3 Å². The van der Waals surface area contributed by atoms with Crippen LogP contribution in [0.2, 0.25) is 0 Å². The number of rotatable bonds is 6. The van der Waals surface area contributed by atoms with Crippen molar-refractivity contribution < 1.29 is 14.2 Å². The Morgan fingerprint density at radius 1 is 1.40 bits per heavy atom. The number of hydrogen-bond acceptors (Lipinski definition) is 2. The summed E-state index contributed by atoms with van der Waals surface area (Å²) in [5.41, 5.74) is 0.764. The molecule has 0 radical (unpaired) electrons. The third-order valence-electron chi connectivity index (χ3n) is 1.93. The Morgan fingerprint density at radius 2 is 2.20 bits per heavy atom. The number of ether oxygens (including phenoxy) is 1. The molecule has 84 valence electrons. The first-order valence-electron chi connectivity index (χ1n) is 4.86. The molecule has 0 amide bonds. The van der Waals surface area contributed by atoms with Gasteiger partial charge in [-0.3, -0.25) is 0 Å². The molecule has 15 heavy (non-hydrogen) atoms. The maximum atomic E-state index is 13.4. The second-order valence-corrected chi connectivity index (χ2v) is 3.51. The number of aliphatic hydroxyl groups excluding tert-OH is 1. The van der Waals surface area contributed by atoms with E-state index in [1.807, 2.05) is 0 Å². The van der Waals surface area contributed by atoms with Gasteiger partial charge in [0.15, 0.2) is 11.6 Å². The van der Waals surface area contributed by atoms with Crippen LogP contribution in [0, 0.1) is 5.82 Å². The van der Waals surface area contributed by atoms with Crippen molar-refractivity contribution in [3.05, 3.63) is 29.6 Å². The van der Waals surface area contributed by atoms with E-state index in [4.69, 9.17) is 21.4 Å². The average Bonchev–Trinajstić information content (AvgIpc) is 2.22. The highest BCUT2D eigenvalue weighted by molar-refractivity contribution is 6.17. The maximum Gasteiger partial charge on any atom is 0.165 e. The van der Waals surface area contributed by atoms with Crippen LogP contribution in [0.25, 0.3) is 0 Å². The van der Waals surface area contributed by atoms with Crippen LogP contribution in [-0.4, -0.2) is 24.2 Å². The van der Waals surface area contributed by atoms with Crippen molar-refractivity contribution in [3.63, 3.8) is 0 Å². The van der Waals surface area contributed by atoms with Gasteiger partial charge >= 0.3 is 0 Å². The topological polar surface area (TPSA) is 29.5 Å². The van der Waals surface area contributed by atoms with E-state index in [9.17, 15) is 4.39 Å². The first kappa shape index (κ1) is 12.3. The van der Waals surface area contributed by atoms with Crippen molar-refractivity contribution in [2.24, 2.45) is 0 Å². The summed E-state index contributed by atoms with van der Waals surface area (Å²) < 4.78 is 18.5. The Balaban J connectivity index is 2.58. The van der Waals surface area contributed by atoms with Crippen molar-refractivity contribution in [3.8, 4) is 5.75 Å². The van der Waals surface area contributed by atoms with E-state index in [2.05, 4.69) is 0 Å². The molecular formula is C11H14ClFO2. The van der Waals surface area contributed by atoms with Crippen LogP contribution in [-0.2, 0) is 6.42 Å². The fourth-order valence-corrected chi connectivity index (χ4v) is 1.29. The van der Waals surface area contributed by atoms with Crippen molar-refractivity contribution in [2.45, 2.75) is 12.8 Å². The quantitative estimate of drug-likeness (QED) is 0.603. The molecule has 4 heteroatoms. The molecule has 0 saturated heterocycles. The van der Waals surface area contributed by atoms with Crippen molar-refractivity contribution in [1.29, 1.82) is 0 Å². The lowest BCUT2D eigenvalue weighted by Gasteiger charge is -2.07. The highest BCUT2D eigenvalue weighted by Crippen LogP contribution is 2.18. The summed E-state index contributed by atoms with van der Waals surface area (Å²) in [6.45, 7) is 0.436. The molecule has 0 aliphatic rings. The minimum Gasteiger partial charge on any atom is -0.490 e. The van der Waals surface area contributed by atoms with Crippen LogP contribution in [0.15, 0.2) is 18.2 Å². The summed E-state index contributed by atoms with van der Waals surface area (Å²) >= 11 is 5.47. The number of alkyl halides is 1. The van der Waals surface area contributed by atoms with E-state index in [0.717, 1.165) is 5.56 Å². The summed E-state index contributed by atoms with van der Waals surface area (Å²) in [4.78, 5) is 0. The van der Waals surface area contributed by atoms with Gasteiger partial charge in [-0.15, -0.1) is 11.6 Å². The molecule has 1 aromatic rings. The van der Waals surface area contributed by atoms with E-state index in [1.165, 1.54) is 6.07 Å². The van der Waals surface area contributed by atoms with Gasteiger partial charge in [0, 0.05) is 12.5 Å². The Morgan fingerprint density at radius 3 is 2.80 bits per heavy atom. The van der Waals surface area contributed by atoms with Gasteiger partial charge in [0.25, 0.3) is 0 Å². The Labute approximate surface area is 93.6 Å². The second-order valence-electron chi connectivity index (χ2n) is 3.13. The zero-order valence-corrected chi connectivity index (χ0v) is 9.13. The van der Waals surface area contributed by atoms with Crippen molar-refractivity contribution in [2.75, 3.05) is 19.1 Å². The molecule has 0 fully saturated rings. The highest BCUT2D eigenvalue weighted by atomic mass is 35.5. The van der Waals surface area contributed by atoms with E-state index >= 15 is 0 Å². The monoisotopic (exact) mass is 232 g/mol. The standard InChI is InChI=1S/C11H14ClFO2/c12-5-1-7-15-11-3-2-9(4-6-14)8-10(11)13/h2-3,8,14H,1,4-7H2. The predicted molar refractivity (Wildman–Crippen MR) is 58.0 cm³/mol. The molecule has 0 aliphatic heterocycles. The lowest BCUT2D eigenvalue weighted by Crippen LogP contribution is -2.00. The molecule has 0 aromatic heterocycles. The van der Waals surface area contributed by atoms with Gasteiger partial charge in [-0.1, -0.05) is 6.07 Å². The fraction of sp³-hybridized carbons (Fsp3) is 0.455. The van der Waals surface area contributed by atoms with Crippen molar-refractivity contribution >= 4 is 11.6 Å². The summed E-state index contributed by atoms with van der Waals surface area (Å²) in [6.07, 6.45) is 1.15. The van der Waals surface area contributed by atoms with Crippen LogP contribution in [0.4, 0.5) is 4.39 Å². The van der Waals surface area contributed by atoms with Gasteiger partial charge in [0.05, 0.1) is 6.61 Å². The first-order chi connectivity index (χ1) is 7.27. The molecule has 1 rings (SSSR count). The van der Waals surface area contributed by atoms with Gasteiger partial charge in [-0.25, -0.2) is 4.39 Å². The van der Waals surface area contributed by atoms with E-state index < -0.39 is 5.82 Å². The summed E-state index contributed by atoms with van der Waals surface area (Å²) in [6, 6.07) is 4.70. The molecule has 0 atom stereocenters. The number of hydrogen-bond donors (Lipinski definition) is 1. The molecule has 0 unspecified atom stereocenters. The number of benzene rings is 1. The average molecular weight is 233 g/mol. The normalized spacial score (nSPS) is 10.3. The largest absolute Gasteiger partial charge is 0.490 e. The van der Waals surface area contributed by atoms with Crippen molar-refractivity contribution in [1.82, 2.24) is 0 Å². The predicted octanol–water partition coefficient (Wildman–Crippen LogP) is 2.37. The van der Waals surface area contributed by atoms with Gasteiger partial charge < -0.3 is 9.84 Å². The smallest absolute Gasteiger partial charge is 0.165 e. The van der Waals surface area contributed by atoms with Gasteiger partial charge in [0.2, 0.25) is 0 Å². The van der Waals surface area contributed by atoms with Crippen LogP contribution in [0.5, 0.6) is 5.75 Å². The lowest BCUT2D eigenvalue weighted by atomic mass is 10.1. The number of halogens is 2. The van der Waals surface area contributed by atoms with Gasteiger partial charge in [0.1, 0.15) is 0 Å².